The van der Waals surface area contributed by atoms with E-state index in [1.807, 2.05) is 36.4 Å². The molecule has 0 saturated carbocycles. The number of benzene rings is 2. The molecule has 0 saturated heterocycles. The summed E-state index contributed by atoms with van der Waals surface area (Å²) in [6.45, 7) is 13.1. The Morgan fingerprint density at radius 2 is 0.936 bits per heavy atom. The van der Waals surface area contributed by atoms with Crippen LogP contribution in [0.3, 0.4) is 0 Å². The minimum Gasteiger partial charge on any atom is -0.355 e. The van der Waals surface area contributed by atoms with Crippen molar-refractivity contribution in [2.75, 3.05) is 0 Å². The third-order valence-electron chi connectivity index (χ3n) is 8.81. The van der Waals surface area contributed by atoms with Crippen molar-refractivity contribution in [3.05, 3.63) is 123 Å². The summed E-state index contributed by atoms with van der Waals surface area (Å²) < 4.78 is 0. The molecule has 234 valence electrons. The van der Waals surface area contributed by atoms with E-state index in [0.29, 0.717) is 11.4 Å². The molecule has 0 atom stereocenters. The lowest BCUT2D eigenvalue weighted by molar-refractivity contribution is -0.385. The van der Waals surface area contributed by atoms with E-state index in [2.05, 4.69) is 106 Å². The van der Waals surface area contributed by atoms with Gasteiger partial charge in [0, 0.05) is 33.2 Å². The van der Waals surface area contributed by atoms with Crippen LogP contribution < -0.4 is 0 Å². The van der Waals surface area contributed by atoms with Crippen LogP contribution in [0.4, 0.5) is 5.69 Å². The SMILES string of the molecule is CC(C)(C)c1ccc(-c2c3nc(c([N+](=O)[O-])c4nc(c(-c5ccc(C(C)(C)C)cc5)c5ccc(cc6ccc2[nH]6)[nH]5)C=C4)C=C3)cc1. The summed E-state index contributed by atoms with van der Waals surface area (Å²) in [6.07, 6.45) is 7.13. The Labute approximate surface area is 273 Å². The predicted octanol–water partition coefficient (Wildman–Crippen LogP) is 10.5. The molecule has 7 rings (SSSR count). The molecular weight excluding hydrogens is 582 g/mol. The minimum absolute atomic E-state index is 0.00694. The second kappa shape index (κ2) is 11.1. The highest BCUT2D eigenvalue weighted by molar-refractivity contribution is 5.94. The molecule has 0 amide bonds. The summed E-state index contributed by atoms with van der Waals surface area (Å²) in [5.41, 5.74) is 11.4. The van der Waals surface area contributed by atoms with Gasteiger partial charge < -0.3 is 9.97 Å². The van der Waals surface area contributed by atoms with Crippen LogP contribution in [0.1, 0.15) is 75.4 Å². The van der Waals surface area contributed by atoms with Crippen LogP contribution in [0.2, 0.25) is 0 Å². The lowest BCUT2D eigenvalue weighted by atomic mass is 9.86. The number of aromatic amines is 2. The van der Waals surface area contributed by atoms with Crippen LogP contribution in [0.15, 0.2) is 78.9 Å². The Morgan fingerprint density at radius 1 is 0.553 bits per heavy atom. The van der Waals surface area contributed by atoms with Gasteiger partial charge in [-0.1, -0.05) is 90.1 Å². The van der Waals surface area contributed by atoms with Crippen LogP contribution in [-0.2, 0) is 10.8 Å². The summed E-state index contributed by atoms with van der Waals surface area (Å²) in [6, 6.07) is 27.1. The molecule has 2 N–H and O–H groups in total. The highest BCUT2D eigenvalue weighted by atomic mass is 16.6. The first kappa shape index (κ1) is 30.1. The van der Waals surface area contributed by atoms with Crippen molar-refractivity contribution in [2.24, 2.45) is 0 Å². The van der Waals surface area contributed by atoms with Crippen molar-refractivity contribution < 1.29 is 4.92 Å². The molecule has 0 fully saturated rings. The third kappa shape index (κ3) is 5.69. The Morgan fingerprint density at radius 3 is 1.30 bits per heavy atom. The summed E-state index contributed by atoms with van der Waals surface area (Å²) in [5.74, 6) is 0. The highest BCUT2D eigenvalue weighted by Crippen LogP contribution is 2.37. The van der Waals surface area contributed by atoms with Gasteiger partial charge in [-0.3, -0.25) is 10.1 Å². The Bertz CT molecular complexity index is 2120. The monoisotopic (exact) mass is 619 g/mol. The van der Waals surface area contributed by atoms with Crippen molar-refractivity contribution >= 4 is 52.1 Å². The molecule has 47 heavy (non-hydrogen) atoms. The number of aromatic nitrogens is 4. The minimum atomic E-state index is -0.384. The number of nitrogens with zero attached hydrogens (tertiary/aromatic N) is 3. The average Bonchev–Trinajstić information content (AvgIpc) is 3.83. The van der Waals surface area contributed by atoms with E-state index < -0.39 is 0 Å². The van der Waals surface area contributed by atoms with E-state index >= 15 is 0 Å². The first-order chi connectivity index (χ1) is 22.3. The van der Waals surface area contributed by atoms with E-state index in [1.165, 1.54) is 11.1 Å². The Balaban J connectivity index is 1.54. The molecule has 2 aliphatic rings. The van der Waals surface area contributed by atoms with Gasteiger partial charge in [-0.05, 0) is 87.7 Å². The molecule has 7 heteroatoms. The van der Waals surface area contributed by atoms with E-state index in [4.69, 9.17) is 9.97 Å². The van der Waals surface area contributed by atoms with Crippen LogP contribution >= 0.6 is 0 Å². The van der Waals surface area contributed by atoms with Gasteiger partial charge >= 0.3 is 5.69 Å². The maximum Gasteiger partial charge on any atom is 0.320 e. The van der Waals surface area contributed by atoms with Gasteiger partial charge in [0.15, 0.2) is 0 Å². The van der Waals surface area contributed by atoms with Gasteiger partial charge in [0.25, 0.3) is 0 Å². The first-order valence-corrected chi connectivity index (χ1v) is 15.8. The molecule has 0 spiro atoms. The molecule has 8 bridgehead atoms. The Hall–Kier alpha value is -5.56. The smallest absolute Gasteiger partial charge is 0.320 e. The van der Waals surface area contributed by atoms with Gasteiger partial charge in [0.05, 0.1) is 16.3 Å². The number of nitrogens with one attached hydrogen (secondary N) is 2. The summed E-state index contributed by atoms with van der Waals surface area (Å²) in [4.78, 5) is 29.1. The zero-order chi connectivity index (χ0) is 33.1. The molecule has 0 radical (unpaired) electrons. The van der Waals surface area contributed by atoms with Crippen molar-refractivity contribution in [3.63, 3.8) is 0 Å². The standard InChI is InChI=1S/C40H37N5O2/c1-39(2,3)26-11-7-24(8-12-26)36-30-17-15-28(41-30)23-29-16-18-31(42-29)37(25-9-13-27(14-10-25)40(4,5)6)33-20-22-35(44-33)38(45(46)47)34-21-19-32(36)43-34/h7-23,41-42H,1-6H3. The average molecular weight is 620 g/mol. The number of rotatable bonds is 3. The second-order valence-electron chi connectivity index (χ2n) is 14.2. The summed E-state index contributed by atoms with van der Waals surface area (Å²) in [5, 5.41) is 12.6. The summed E-state index contributed by atoms with van der Waals surface area (Å²) >= 11 is 0. The van der Waals surface area contributed by atoms with Crippen molar-refractivity contribution in [1.82, 2.24) is 19.9 Å². The maximum absolute atomic E-state index is 12.6. The lowest BCUT2D eigenvalue weighted by Crippen LogP contribution is -2.10. The molecule has 5 aromatic rings. The van der Waals surface area contributed by atoms with Gasteiger partial charge in [-0.25, -0.2) is 9.97 Å². The fourth-order valence-corrected chi connectivity index (χ4v) is 6.19. The fraction of sp³-hybridized carbons (Fsp3) is 0.200. The largest absolute Gasteiger partial charge is 0.355 e. The van der Waals surface area contributed by atoms with E-state index in [1.54, 1.807) is 12.2 Å². The molecule has 5 heterocycles. The van der Waals surface area contributed by atoms with Crippen molar-refractivity contribution in [3.8, 4) is 22.3 Å². The molecule has 2 aliphatic heterocycles. The normalized spacial score (nSPS) is 12.9. The topological polar surface area (TPSA) is 100 Å². The van der Waals surface area contributed by atoms with Crippen LogP contribution in [0.25, 0.3) is 68.6 Å². The quantitative estimate of drug-likeness (QED) is 0.152. The summed E-state index contributed by atoms with van der Waals surface area (Å²) in [7, 11) is 0. The highest BCUT2D eigenvalue weighted by Gasteiger charge is 2.24. The Kier molecular flexibility index (Phi) is 7.08. The number of fused-ring (bicyclic) bond motifs is 8. The first-order valence-electron chi connectivity index (χ1n) is 15.8. The number of H-pyrrole nitrogens is 2. The van der Waals surface area contributed by atoms with Crippen molar-refractivity contribution in [1.29, 1.82) is 0 Å². The van der Waals surface area contributed by atoms with Crippen LogP contribution in [0, 0.1) is 10.1 Å². The van der Waals surface area contributed by atoms with Gasteiger partial charge in [-0.15, -0.1) is 0 Å². The lowest BCUT2D eigenvalue weighted by Gasteiger charge is -2.19. The molecule has 0 aliphatic carbocycles. The molecule has 2 aromatic carbocycles. The number of hydrogen-bond donors (Lipinski definition) is 2. The van der Waals surface area contributed by atoms with Gasteiger partial charge in [0.2, 0.25) is 0 Å². The second-order valence-corrected chi connectivity index (χ2v) is 14.2. The van der Waals surface area contributed by atoms with Gasteiger partial charge in [0.1, 0.15) is 11.4 Å². The maximum atomic E-state index is 12.6. The molecular formula is C40H37N5O2. The van der Waals surface area contributed by atoms with E-state index in [-0.39, 0.29) is 32.8 Å². The zero-order valence-electron chi connectivity index (χ0n) is 27.5. The van der Waals surface area contributed by atoms with Crippen LogP contribution in [-0.4, -0.2) is 24.9 Å². The fourth-order valence-electron chi connectivity index (χ4n) is 6.19. The number of hydrogen-bond acceptors (Lipinski definition) is 4. The van der Waals surface area contributed by atoms with Gasteiger partial charge in [-0.2, -0.15) is 0 Å². The van der Waals surface area contributed by atoms with E-state index in [0.717, 1.165) is 44.3 Å². The third-order valence-corrected chi connectivity index (χ3v) is 8.81. The molecule has 7 nitrogen and oxygen atoms in total. The molecule has 0 unspecified atom stereocenters. The van der Waals surface area contributed by atoms with E-state index in [9.17, 15) is 10.1 Å². The number of nitro groups is 1. The van der Waals surface area contributed by atoms with Crippen LogP contribution in [0.5, 0.6) is 0 Å². The van der Waals surface area contributed by atoms with Crippen molar-refractivity contribution in [2.45, 2.75) is 52.4 Å². The predicted molar refractivity (Wildman–Crippen MR) is 194 cm³/mol. The zero-order valence-corrected chi connectivity index (χ0v) is 27.5. The molecule has 3 aromatic heterocycles.